The summed E-state index contributed by atoms with van der Waals surface area (Å²) in [6.45, 7) is 3.30. The zero-order valence-corrected chi connectivity index (χ0v) is 14.1. The molecule has 6 nitrogen and oxygen atoms in total. The largest absolute Gasteiger partial charge is 0.496 e. The number of nitrogens with one attached hydrogen (secondary N) is 2. The number of aryl methyl sites for hydroxylation is 1. The number of methoxy groups -OCH3 is 2. The maximum absolute atomic E-state index is 12.6. The molecule has 126 valence electrons. The Labute approximate surface area is 140 Å². The smallest absolute Gasteiger partial charge is 0.263 e. The molecule has 2 N–H and O–H groups in total. The number of ether oxygens (including phenoxy) is 2. The van der Waals surface area contributed by atoms with Crippen molar-refractivity contribution >= 4 is 23.2 Å². The summed E-state index contributed by atoms with van der Waals surface area (Å²) in [7, 11) is 3.00. The summed E-state index contributed by atoms with van der Waals surface area (Å²) in [6, 6.07) is 10.4. The third-order valence-corrected chi connectivity index (χ3v) is 3.45. The van der Waals surface area contributed by atoms with E-state index in [0.29, 0.717) is 28.4 Å². The fourth-order valence-electron chi connectivity index (χ4n) is 2.34. The summed E-state index contributed by atoms with van der Waals surface area (Å²) >= 11 is 0. The van der Waals surface area contributed by atoms with E-state index in [1.807, 2.05) is 6.92 Å². The third kappa shape index (κ3) is 3.84. The van der Waals surface area contributed by atoms with Crippen LogP contribution in [0.1, 0.15) is 22.8 Å². The van der Waals surface area contributed by atoms with Gasteiger partial charge in [-0.15, -0.1) is 0 Å². The van der Waals surface area contributed by atoms with Gasteiger partial charge in [0.1, 0.15) is 17.1 Å². The second kappa shape index (κ2) is 7.50. The zero-order valence-electron chi connectivity index (χ0n) is 14.1. The number of benzene rings is 2. The van der Waals surface area contributed by atoms with Crippen molar-refractivity contribution in [3.63, 3.8) is 0 Å². The van der Waals surface area contributed by atoms with Gasteiger partial charge in [0.15, 0.2) is 0 Å². The van der Waals surface area contributed by atoms with Crippen molar-refractivity contribution in [2.75, 3.05) is 24.9 Å². The summed E-state index contributed by atoms with van der Waals surface area (Å²) in [5.74, 6) is 0.376. The highest BCUT2D eigenvalue weighted by Crippen LogP contribution is 2.29. The first-order chi connectivity index (χ1) is 11.5. The molecule has 0 spiro atoms. The van der Waals surface area contributed by atoms with E-state index in [0.717, 1.165) is 5.56 Å². The first-order valence-electron chi connectivity index (χ1n) is 7.37. The molecule has 0 aliphatic rings. The quantitative estimate of drug-likeness (QED) is 0.883. The maximum Gasteiger partial charge on any atom is 0.263 e. The molecule has 0 unspecified atom stereocenters. The van der Waals surface area contributed by atoms with E-state index in [2.05, 4.69) is 10.6 Å². The van der Waals surface area contributed by atoms with E-state index in [1.54, 1.807) is 36.4 Å². The minimum absolute atomic E-state index is 0.145. The predicted octanol–water partition coefficient (Wildman–Crippen LogP) is 3.22. The summed E-state index contributed by atoms with van der Waals surface area (Å²) < 4.78 is 10.5. The average Bonchev–Trinajstić information content (AvgIpc) is 2.56. The Hall–Kier alpha value is -3.02. The van der Waals surface area contributed by atoms with Crippen LogP contribution in [0.4, 0.5) is 11.4 Å². The highest BCUT2D eigenvalue weighted by molar-refractivity contribution is 6.08. The molecule has 2 aromatic carbocycles. The van der Waals surface area contributed by atoms with Gasteiger partial charge < -0.3 is 20.1 Å². The number of amides is 2. The van der Waals surface area contributed by atoms with Crippen LogP contribution in [0.25, 0.3) is 0 Å². The van der Waals surface area contributed by atoms with Crippen LogP contribution >= 0.6 is 0 Å². The van der Waals surface area contributed by atoms with Gasteiger partial charge in [-0.25, -0.2) is 0 Å². The van der Waals surface area contributed by atoms with Gasteiger partial charge in [0, 0.05) is 18.3 Å². The topological polar surface area (TPSA) is 76.7 Å². The van der Waals surface area contributed by atoms with Crippen LogP contribution in [-0.2, 0) is 4.79 Å². The molecule has 0 atom stereocenters. The molecular weight excluding hydrogens is 308 g/mol. The van der Waals surface area contributed by atoms with E-state index < -0.39 is 0 Å². The highest BCUT2D eigenvalue weighted by Gasteiger charge is 2.18. The molecule has 0 saturated heterocycles. The molecule has 0 heterocycles. The van der Waals surface area contributed by atoms with E-state index in [9.17, 15) is 9.59 Å². The Morgan fingerprint density at radius 1 is 0.958 bits per heavy atom. The number of rotatable bonds is 5. The van der Waals surface area contributed by atoms with Crippen molar-refractivity contribution in [1.82, 2.24) is 0 Å². The molecule has 2 rings (SSSR count). The van der Waals surface area contributed by atoms with Crippen molar-refractivity contribution in [3.8, 4) is 11.5 Å². The molecular formula is C18H20N2O4. The van der Waals surface area contributed by atoms with Crippen LogP contribution in [-0.4, -0.2) is 26.0 Å². The number of anilines is 2. The van der Waals surface area contributed by atoms with E-state index in [-0.39, 0.29) is 11.8 Å². The van der Waals surface area contributed by atoms with Gasteiger partial charge in [-0.05, 0) is 42.8 Å². The van der Waals surface area contributed by atoms with Crippen LogP contribution in [0.3, 0.4) is 0 Å². The maximum atomic E-state index is 12.6. The number of carbonyl (C=O) groups is 2. The molecule has 0 saturated carbocycles. The van der Waals surface area contributed by atoms with Crippen LogP contribution in [0, 0.1) is 6.92 Å². The van der Waals surface area contributed by atoms with Crippen molar-refractivity contribution < 1.29 is 19.1 Å². The standard InChI is InChI=1S/C18H20N2O4/c1-11-10-13(8-9-14(11)19-12(2)21)20-18(22)17-15(23-3)6-5-7-16(17)24-4/h5-10H,1-4H3,(H,19,21)(H,20,22). The lowest BCUT2D eigenvalue weighted by atomic mass is 10.1. The Kier molecular flexibility index (Phi) is 5.42. The lowest BCUT2D eigenvalue weighted by Gasteiger charge is -2.14. The normalized spacial score (nSPS) is 10.0. The number of hydrogen-bond donors (Lipinski definition) is 2. The molecule has 2 amide bonds. The van der Waals surface area contributed by atoms with Crippen LogP contribution < -0.4 is 20.1 Å². The molecule has 6 heteroatoms. The molecule has 0 fully saturated rings. The predicted molar refractivity (Wildman–Crippen MR) is 93.0 cm³/mol. The third-order valence-electron chi connectivity index (χ3n) is 3.45. The van der Waals surface area contributed by atoms with Crippen LogP contribution in [0.2, 0.25) is 0 Å². The zero-order chi connectivity index (χ0) is 17.7. The molecule has 24 heavy (non-hydrogen) atoms. The first kappa shape index (κ1) is 17.3. The van der Waals surface area contributed by atoms with Crippen molar-refractivity contribution in [3.05, 3.63) is 47.5 Å². The van der Waals surface area contributed by atoms with Gasteiger partial charge >= 0.3 is 0 Å². The summed E-state index contributed by atoms with van der Waals surface area (Å²) in [4.78, 5) is 23.8. The van der Waals surface area contributed by atoms with E-state index in [1.165, 1.54) is 21.1 Å². The number of hydrogen-bond acceptors (Lipinski definition) is 4. The Morgan fingerprint density at radius 2 is 1.58 bits per heavy atom. The molecule has 0 radical (unpaired) electrons. The van der Waals surface area contributed by atoms with E-state index >= 15 is 0 Å². The van der Waals surface area contributed by atoms with Gasteiger partial charge in [-0.2, -0.15) is 0 Å². The molecule has 2 aromatic rings. The van der Waals surface area contributed by atoms with Crippen molar-refractivity contribution in [1.29, 1.82) is 0 Å². The molecule has 0 bridgehead atoms. The minimum Gasteiger partial charge on any atom is -0.496 e. The molecule has 0 aromatic heterocycles. The second-order valence-electron chi connectivity index (χ2n) is 5.20. The fraction of sp³-hybridized carbons (Fsp3) is 0.222. The minimum atomic E-state index is -0.337. The van der Waals surface area contributed by atoms with Crippen molar-refractivity contribution in [2.45, 2.75) is 13.8 Å². The molecule has 0 aliphatic heterocycles. The Morgan fingerprint density at radius 3 is 2.08 bits per heavy atom. The highest BCUT2D eigenvalue weighted by atomic mass is 16.5. The second-order valence-corrected chi connectivity index (χ2v) is 5.20. The SMILES string of the molecule is COc1cccc(OC)c1C(=O)Nc1ccc(NC(C)=O)c(C)c1. The van der Waals surface area contributed by atoms with Gasteiger partial charge in [0.2, 0.25) is 5.91 Å². The van der Waals surface area contributed by atoms with Gasteiger partial charge in [0.05, 0.1) is 14.2 Å². The first-order valence-corrected chi connectivity index (χ1v) is 7.37. The number of carbonyl (C=O) groups excluding carboxylic acids is 2. The Balaban J connectivity index is 2.27. The summed E-state index contributed by atoms with van der Waals surface area (Å²) in [6.07, 6.45) is 0. The average molecular weight is 328 g/mol. The lowest BCUT2D eigenvalue weighted by molar-refractivity contribution is -0.114. The van der Waals surface area contributed by atoms with Crippen LogP contribution in [0.5, 0.6) is 11.5 Å². The van der Waals surface area contributed by atoms with Gasteiger partial charge in [-0.1, -0.05) is 6.07 Å². The monoisotopic (exact) mass is 328 g/mol. The van der Waals surface area contributed by atoms with E-state index in [4.69, 9.17) is 9.47 Å². The van der Waals surface area contributed by atoms with Crippen molar-refractivity contribution in [2.24, 2.45) is 0 Å². The lowest BCUT2D eigenvalue weighted by Crippen LogP contribution is -2.15. The summed E-state index contributed by atoms with van der Waals surface area (Å²) in [5.41, 5.74) is 2.48. The van der Waals surface area contributed by atoms with Gasteiger partial charge in [0.25, 0.3) is 5.91 Å². The Bertz CT molecular complexity index is 749. The molecule has 0 aliphatic carbocycles. The van der Waals surface area contributed by atoms with Gasteiger partial charge in [-0.3, -0.25) is 9.59 Å². The summed E-state index contributed by atoms with van der Waals surface area (Å²) in [5, 5.41) is 5.55. The van der Waals surface area contributed by atoms with Crippen LogP contribution in [0.15, 0.2) is 36.4 Å². The fourth-order valence-corrected chi connectivity index (χ4v) is 2.34.